The number of hydrogen-bond acceptors (Lipinski definition) is 6. The zero-order valence-corrected chi connectivity index (χ0v) is 21.9. The van der Waals surface area contributed by atoms with E-state index < -0.39 is 5.82 Å². The van der Waals surface area contributed by atoms with Gasteiger partial charge in [0.15, 0.2) is 5.82 Å². The van der Waals surface area contributed by atoms with Gasteiger partial charge < -0.3 is 10.1 Å². The Morgan fingerprint density at radius 2 is 1.89 bits per heavy atom. The van der Waals surface area contributed by atoms with E-state index in [2.05, 4.69) is 25.5 Å². The summed E-state index contributed by atoms with van der Waals surface area (Å²) in [7, 11) is 1.82. The van der Waals surface area contributed by atoms with Gasteiger partial charge in [-0.15, -0.1) is 0 Å². The minimum Gasteiger partial charge on any atom is -0.456 e. The molecule has 0 bridgehead atoms. The number of rotatable bonds is 6. The van der Waals surface area contributed by atoms with Crippen molar-refractivity contribution in [2.75, 3.05) is 5.32 Å². The number of aryl methyl sites for hydroxylation is 2. The number of fused-ring (bicyclic) bond motifs is 1. The number of amides is 1. The first kappa shape index (κ1) is 25.1. The smallest absolute Gasteiger partial charge is 0.228 e. The van der Waals surface area contributed by atoms with Crippen molar-refractivity contribution in [1.29, 1.82) is 0 Å². The molecule has 1 amide bonds. The van der Waals surface area contributed by atoms with Gasteiger partial charge >= 0.3 is 0 Å². The SMILES string of the molecule is Cc1cc(CC(=O)Nc2cnn(C(C)(C)C)c2)c(F)cc1Oc1ccnc2ccc(-c3ncnn3C)cc12. The summed E-state index contributed by atoms with van der Waals surface area (Å²) in [6.45, 7) is 7.86. The third-order valence-corrected chi connectivity index (χ3v) is 6.14. The molecule has 0 aliphatic carbocycles. The van der Waals surface area contributed by atoms with Crippen LogP contribution in [0.15, 0.2) is 61.3 Å². The standard InChI is InChI=1S/C28H28FN7O2/c1-17-10-19(12-26(37)34-20-14-32-36(15-20)28(2,3)4)22(29)13-25(17)38-24-8-9-30-23-7-6-18(11-21(23)24)27-31-16-33-35(27)5/h6-11,13-16H,12H2,1-5H3,(H,34,37). The predicted octanol–water partition coefficient (Wildman–Crippen LogP) is 5.40. The quantitative estimate of drug-likeness (QED) is 0.326. The first-order valence-corrected chi connectivity index (χ1v) is 12.1. The molecule has 5 aromatic rings. The van der Waals surface area contributed by atoms with Crippen molar-refractivity contribution >= 4 is 22.5 Å². The van der Waals surface area contributed by atoms with Gasteiger partial charge in [0, 0.05) is 36.5 Å². The van der Waals surface area contributed by atoms with Crippen molar-refractivity contribution in [1.82, 2.24) is 29.5 Å². The molecule has 9 nitrogen and oxygen atoms in total. The van der Waals surface area contributed by atoms with Crippen LogP contribution in [-0.4, -0.2) is 35.4 Å². The second-order valence-corrected chi connectivity index (χ2v) is 10.1. The molecule has 0 atom stereocenters. The first-order chi connectivity index (χ1) is 18.1. The summed E-state index contributed by atoms with van der Waals surface area (Å²) in [6.07, 6.45) is 6.35. The molecular weight excluding hydrogens is 485 g/mol. The van der Waals surface area contributed by atoms with E-state index in [0.717, 1.165) is 16.5 Å². The average molecular weight is 514 g/mol. The third-order valence-electron chi connectivity index (χ3n) is 6.14. The van der Waals surface area contributed by atoms with Crippen molar-refractivity contribution in [3.05, 3.63) is 78.3 Å². The van der Waals surface area contributed by atoms with Gasteiger partial charge in [0.05, 0.1) is 29.4 Å². The molecule has 0 saturated heterocycles. The Morgan fingerprint density at radius 1 is 1.08 bits per heavy atom. The fraction of sp³-hybridized carbons (Fsp3) is 0.250. The number of carbonyl (C=O) groups excluding carboxylic acids is 1. The fourth-order valence-corrected chi connectivity index (χ4v) is 4.13. The maximum Gasteiger partial charge on any atom is 0.228 e. The lowest BCUT2D eigenvalue weighted by atomic mass is 10.1. The highest BCUT2D eigenvalue weighted by atomic mass is 19.1. The van der Waals surface area contributed by atoms with Gasteiger partial charge in [0.25, 0.3) is 0 Å². The predicted molar refractivity (Wildman–Crippen MR) is 143 cm³/mol. The van der Waals surface area contributed by atoms with Crippen molar-refractivity contribution in [3.63, 3.8) is 0 Å². The molecule has 0 saturated carbocycles. The van der Waals surface area contributed by atoms with Gasteiger partial charge in [-0.25, -0.2) is 14.1 Å². The topological polar surface area (TPSA) is 99.8 Å². The third kappa shape index (κ3) is 5.10. The Morgan fingerprint density at radius 3 is 2.61 bits per heavy atom. The summed E-state index contributed by atoms with van der Waals surface area (Å²) in [6, 6.07) is 10.4. The highest BCUT2D eigenvalue weighted by molar-refractivity contribution is 5.92. The molecule has 0 unspecified atom stereocenters. The van der Waals surface area contributed by atoms with Crippen molar-refractivity contribution < 1.29 is 13.9 Å². The van der Waals surface area contributed by atoms with Gasteiger partial charge in [0.1, 0.15) is 23.6 Å². The van der Waals surface area contributed by atoms with Crippen LogP contribution in [0.5, 0.6) is 11.5 Å². The lowest BCUT2D eigenvalue weighted by molar-refractivity contribution is -0.115. The number of nitrogens with one attached hydrogen (secondary N) is 1. The summed E-state index contributed by atoms with van der Waals surface area (Å²) in [4.78, 5) is 21.3. The monoisotopic (exact) mass is 513 g/mol. The second kappa shape index (κ2) is 9.70. The lowest BCUT2D eigenvalue weighted by Gasteiger charge is -2.18. The van der Waals surface area contributed by atoms with Crippen LogP contribution in [0.3, 0.4) is 0 Å². The molecule has 0 radical (unpaired) electrons. The van der Waals surface area contributed by atoms with E-state index in [4.69, 9.17) is 4.74 Å². The van der Waals surface area contributed by atoms with Crippen LogP contribution in [0.25, 0.3) is 22.3 Å². The minimum absolute atomic E-state index is 0.118. The Labute approximate surface area is 219 Å². The minimum atomic E-state index is -0.524. The molecule has 2 aromatic carbocycles. The molecule has 3 heterocycles. The van der Waals surface area contributed by atoms with E-state index in [-0.39, 0.29) is 23.4 Å². The summed E-state index contributed by atoms with van der Waals surface area (Å²) in [5, 5.41) is 12.0. The second-order valence-electron chi connectivity index (χ2n) is 10.1. The van der Waals surface area contributed by atoms with Crippen LogP contribution in [-0.2, 0) is 23.8 Å². The Balaban J connectivity index is 1.36. The normalized spacial score (nSPS) is 11.6. The highest BCUT2D eigenvalue weighted by Crippen LogP contribution is 2.34. The van der Waals surface area contributed by atoms with Crippen molar-refractivity contribution in [2.45, 2.75) is 39.7 Å². The maximum absolute atomic E-state index is 15.1. The van der Waals surface area contributed by atoms with Gasteiger partial charge in [0.2, 0.25) is 5.91 Å². The number of pyridine rings is 1. The summed E-state index contributed by atoms with van der Waals surface area (Å²) in [5.74, 6) is 0.737. The van der Waals surface area contributed by atoms with Crippen LogP contribution in [0.2, 0.25) is 0 Å². The number of aromatic nitrogens is 6. The molecule has 3 aromatic heterocycles. The molecule has 38 heavy (non-hydrogen) atoms. The van der Waals surface area contributed by atoms with Crippen LogP contribution in [0, 0.1) is 12.7 Å². The first-order valence-electron chi connectivity index (χ1n) is 12.1. The van der Waals surface area contributed by atoms with Crippen LogP contribution in [0.4, 0.5) is 10.1 Å². The summed E-state index contributed by atoms with van der Waals surface area (Å²) < 4.78 is 24.7. The molecule has 0 aliphatic rings. The Hall–Kier alpha value is -4.60. The molecule has 0 spiro atoms. The fourth-order valence-electron chi connectivity index (χ4n) is 4.13. The Bertz CT molecular complexity index is 1650. The highest BCUT2D eigenvalue weighted by Gasteiger charge is 2.17. The number of benzene rings is 2. The molecular formula is C28H28FN7O2. The van der Waals surface area contributed by atoms with Crippen LogP contribution in [0.1, 0.15) is 31.9 Å². The van der Waals surface area contributed by atoms with E-state index in [1.165, 1.54) is 12.4 Å². The molecule has 5 rings (SSSR count). The van der Waals surface area contributed by atoms with E-state index in [1.807, 2.05) is 52.9 Å². The number of carbonyl (C=O) groups is 1. The maximum atomic E-state index is 15.1. The van der Waals surface area contributed by atoms with Crippen molar-refractivity contribution in [3.8, 4) is 22.9 Å². The summed E-state index contributed by atoms with van der Waals surface area (Å²) >= 11 is 0. The van der Waals surface area contributed by atoms with E-state index >= 15 is 4.39 Å². The van der Waals surface area contributed by atoms with E-state index in [0.29, 0.717) is 28.6 Å². The number of anilines is 1. The van der Waals surface area contributed by atoms with Crippen LogP contribution < -0.4 is 10.1 Å². The zero-order chi connectivity index (χ0) is 27.0. The van der Waals surface area contributed by atoms with Gasteiger partial charge in [-0.3, -0.25) is 14.5 Å². The van der Waals surface area contributed by atoms with Crippen molar-refractivity contribution in [2.24, 2.45) is 7.05 Å². The molecule has 194 valence electrons. The Kier molecular flexibility index (Phi) is 6.40. The molecule has 0 aliphatic heterocycles. The number of ether oxygens (including phenoxy) is 1. The van der Waals surface area contributed by atoms with Gasteiger partial charge in [-0.1, -0.05) is 0 Å². The van der Waals surface area contributed by atoms with Gasteiger partial charge in [-0.05, 0) is 69.2 Å². The van der Waals surface area contributed by atoms with Crippen LogP contribution >= 0.6 is 0 Å². The number of halogens is 1. The largest absolute Gasteiger partial charge is 0.456 e. The zero-order valence-electron chi connectivity index (χ0n) is 21.9. The van der Waals surface area contributed by atoms with E-state index in [1.54, 1.807) is 40.1 Å². The summed E-state index contributed by atoms with van der Waals surface area (Å²) in [5.41, 5.74) is 2.91. The lowest BCUT2D eigenvalue weighted by Crippen LogP contribution is -2.22. The number of hydrogen-bond donors (Lipinski definition) is 1. The average Bonchev–Trinajstić information content (AvgIpc) is 3.51. The van der Waals surface area contributed by atoms with E-state index in [9.17, 15) is 4.79 Å². The molecule has 10 heteroatoms. The molecule has 0 fully saturated rings. The van der Waals surface area contributed by atoms with Gasteiger partial charge in [-0.2, -0.15) is 10.2 Å². The number of nitrogens with zero attached hydrogens (tertiary/aromatic N) is 6. The molecule has 1 N–H and O–H groups in total.